The Balaban J connectivity index is 0. The Kier molecular flexibility index (Phi) is 7.58. The molecule has 0 saturated heterocycles. The van der Waals surface area contributed by atoms with Crippen LogP contribution in [0.15, 0.2) is 0 Å². The van der Waals surface area contributed by atoms with E-state index in [2.05, 4.69) is 4.52 Å². The maximum Gasteiger partial charge on any atom is 0.341 e. The van der Waals surface area contributed by atoms with E-state index in [1.54, 1.807) is 25.9 Å². The van der Waals surface area contributed by atoms with E-state index >= 15 is 0 Å². The van der Waals surface area contributed by atoms with Crippen molar-refractivity contribution in [3.63, 3.8) is 0 Å². The lowest BCUT2D eigenvalue weighted by molar-refractivity contribution is 0.257. The number of rotatable bonds is 4. The monoisotopic (exact) mass is 203 g/mol. The van der Waals surface area contributed by atoms with Gasteiger partial charge in [0, 0.05) is 0 Å². The zero-order chi connectivity index (χ0) is 8.20. The molecule has 1 unspecified atom stereocenters. The molecule has 11 heavy (non-hydrogen) atoms. The average molecular weight is 204 g/mol. The Labute approximate surface area is 73.5 Å². The summed E-state index contributed by atoms with van der Waals surface area (Å²) in [6.45, 7) is 1.97. The summed E-state index contributed by atoms with van der Waals surface area (Å²) >= 11 is 0. The maximum atomic E-state index is 10.9. The molecule has 0 aromatic carbocycles. The van der Waals surface area contributed by atoms with Gasteiger partial charge in [-0.15, -0.1) is 12.4 Å². The van der Waals surface area contributed by atoms with Crippen LogP contribution in [0.2, 0.25) is 0 Å². The van der Waals surface area contributed by atoms with Gasteiger partial charge in [-0.3, -0.25) is 9.46 Å². The molecular weight excluding hydrogens is 188 g/mol. The molecule has 70 valence electrons. The molecular formula is C5H15ClNO3P. The number of hydrogen-bond acceptors (Lipinski definition) is 3. The van der Waals surface area contributed by atoms with Crippen molar-refractivity contribution in [2.45, 2.75) is 6.92 Å². The van der Waals surface area contributed by atoms with Gasteiger partial charge in [-0.1, -0.05) is 0 Å². The van der Waals surface area contributed by atoms with Crippen LogP contribution in [-0.4, -0.2) is 36.8 Å². The highest BCUT2D eigenvalue weighted by Gasteiger charge is 2.18. The van der Waals surface area contributed by atoms with Crippen LogP contribution in [-0.2, 0) is 9.09 Å². The van der Waals surface area contributed by atoms with Gasteiger partial charge in [-0.25, -0.2) is 0 Å². The highest BCUT2D eigenvalue weighted by atomic mass is 35.5. The Bertz CT molecular complexity index is 142. The maximum absolute atomic E-state index is 10.9. The van der Waals surface area contributed by atoms with E-state index in [9.17, 15) is 4.57 Å². The van der Waals surface area contributed by atoms with E-state index in [0.29, 0.717) is 0 Å². The second kappa shape index (κ2) is 5.98. The first-order chi connectivity index (χ1) is 4.48. The van der Waals surface area contributed by atoms with Crippen molar-refractivity contribution < 1.29 is 14.0 Å². The second-order valence-corrected chi connectivity index (χ2v) is 4.09. The Hall–Kier alpha value is 0.400. The van der Waals surface area contributed by atoms with E-state index in [1.807, 2.05) is 0 Å². The molecule has 4 nitrogen and oxygen atoms in total. The molecule has 0 heterocycles. The largest absolute Gasteiger partial charge is 0.341 e. The molecule has 0 aromatic heterocycles. The van der Waals surface area contributed by atoms with Gasteiger partial charge in [0.1, 0.15) is 6.29 Å². The van der Waals surface area contributed by atoms with Crippen molar-refractivity contribution >= 4 is 20.0 Å². The number of halogens is 1. The summed E-state index contributed by atoms with van der Waals surface area (Å²) in [7, 11) is 0.125. The summed E-state index contributed by atoms with van der Waals surface area (Å²) in [5.41, 5.74) is 0. The van der Waals surface area contributed by atoms with Crippen LogP contribution in [0.1, 0.15) is 6.92 Å². The SMILES string of the molecule is CCOP(=O)(O)CN(C)C.Cl. The molecule has 6 heteroatoms. The molecule has 0 saturated carbocycles. The normalized spacial score (nSPS) is 15.7. The zero-order valence-electron chi connectivity index (χ0n) is 6.98. The smallest absolute Gasteiger partial charge is 0.323 e. The third-order valence-electron chi connectivity index (χ3n) is 0.792. The molecule has 0 amide bonds. The van der Waals surface area contributed by atoms with Crippen molar-refractivity contribution in [3.05, 3.63) is 0 Å². The van der Waals surface area contributed by atoms with E-state index in [4.69, 9.17) is 4.89 Å². The average Bonchev–Trinajstić information content (AvgIpc) is 1.59. The molecule has 0 bridgehead atoms. The topological polar surface area (TPSA) is 49.8 Å². The van der Waals surface area contributed by atoms with Crippen LogP contribution in [0.4, 0.5) is 0 Å². The van der Waals surface area contributed by atoms with Gasteiger partial charge in [0.05, 0.1) is 6.61 Å². The Morgan fingerprint density at radius 2 is 2.00 bits per heavy atom. The molecule has 0 spiro atoms. The first-order valence-electron chi connectivity index (χ1n) is 3.09. The van der Waals surface area contributed by atoms with Crippen molar-refractivity contribution in [2.75, 3.05) is 27.0 Å². The predicted octanol–water partition coefficient (Wildman–Crippen LogP) is 1.15. The van der Waals surface area contributed by atoms with Crippen LogP contribution < -0.4 is 0 Å². The molecule has 0 aliphatic heterocycles. The quantitative estimate of drug-likeness (QED) is 0.697. The molecule has 0 aromatic rings. The molecule has 0 aliphatic rings. The highest BCUT2D eigenvalue weighted by molar-refractivity contribution is 7.52. The molecule has 0 radical (unpaired) electrons. The summed E-state index contributed by atoms with van der Waals surface area (Å²) in [6.07, 6.45) is 0.0842. The van der Waals surface area contributed by atoms with E-state index in [0.717, 1.165) is 0 Å². The zero-order valence-corrected chi connectivity index (χ0v) is 8.69. The minimum atomic E-state index is -3.32. The van der Waals surface area contributed by atoms with Crippen LogP contribution in [0.3, 0.4) is 0 Å². The van der Waals surface area contributed by atoms with Crippen molar-refractivity contribution in [3.8, 4) is 0 Å². The lowest BCUT2D eigenvalue weighted by Crippen LogP contribution is -2.14. The van der Waals surface area contributed by atoms with Crippen molar-refractivity contribution in [1.82, 2.24) is 4.90 Å². The fourth-order valence-corrected chi connectivity index (χ4v) is 1.80. The van der Waals surface area contributed by atoms with E-state index in [-0.39, 0.29) is 25.3 Å². The fraction of sp³-hybridized carbons (Fsp3) is 1.00. The Morgan fingerprint density at radius 1 is 1.55 bits per heavy atom. The summed E-state index contributed by atoms with van der Waals surface area (Å²) < 4.78 is 15.5. The van der Waals surface area contributed by atoms with Gasteiger partial charge < -0.3 is 9.42 Å². The lowest BCUT2D eigenvalue weighted by atomic mass is 10.9. The standard InChI is InChI=1S/C5H14NO3P.ClH/c1-4-9-10(7,8)5-6(2)3;/h4-5H2,1-3H3,(H,7,8);1H. The van der Waals surface area contributed by atoms with Crippen molar-refractivity contribution in [1.29, 1.82) is 0 Å². The van der Waals surface area contributed by atoms with Gasteiger partial charge in [0.25, 0.3) is 0 Å². The van der Waals surface area contributed by atoms with Gasteiger partial charge in [-0.05, 0) is 21.0 Å². The van der Waals surface area contributed by atoms with Crippen LogP contribution in [0, 0.1) is 0 Å². The van der Waals surface area contributed by atoms with E-state index < -0.39 is 7.60 Å². The van der Waals surface area contributed by atoms with Crippen molar-refractivity contribution in [2.24, 2.45) is 0 Å². The minimum Gasteiger partial charge on any atom is -0.323 e. The van der Waals surface area contributed by atoms with Gasteiger partial charge in [0.2, 0.25) is 0 Å². The highest BCUT2D eigenvalue weighted by Crippen LogP contribution is 2.41. The molecule has 0 aliphatic carbocycles. The minimum absolute atomic E-state index is 0. The summed E-state index contributed by atoms with van der Waals surface area (Å²) in [5, 5.41) is 0. The summed E-state index contributed by atoms with van der Waals surface area (Å²) in [6, 6.07) is 0. The predicted molar refractivity (Wildman–Crippen MR) is 47.3 cm³/mol. The summed E-state index contributed by atoms with van der Waals surface area (Å²) in [4.78, 5) is 10.6. The molecule has 0 rings (SSSR count). The number of hydrogen-bond donors (Lipinski definition) is 1. The third-order valence-corrected chi connectivity index (χ3v) is 2.38. The fourth-order valence-electron chi connectivity index (χ4n) is 0.600. The molecule has 1 atom stereocenters. The van der Waals surface area contributed by atoms with Gasteiger partial charge >= 0.3 is 7.60 Å². The molecule has 1 N–H and O–H groups in total. The first kappa shape index (κ1) is 14.0. The third kappa shape index (κ3) is 8.30. The van der Waals surface area contributed by atoms with Crippen LogP contribution in [0.5, 0.6) is 0 Å². The molecule has 0 fully saturated rings. The van der Waals surface area contributed by atoms with Crippen LogP contribution in [0.25, 0.3) is 0 Å². The Morgan fingerprint density at radius 3 is 2.27 bits per heavy atom. The van der Waals surface area contributed by atoms with Gasteiger partial charge in [0.15, 0.2) is 0 Å². The first-order valence-corrected chi connectivity index (χ1v) is 4.85. The summed E-state index contributed by atoms with van der Waals surface area (Å²) in [5.74, 6) is 0. The number of nitrogens with zero attached hydrogens (tertiary/aromatic N) is 1. The second-order valence-electron chi connectivity index (χ2n) is 2.28. The van der Waals surface area contributed by atoms with E-state index in [1.165, 1.54) is 0 Å². The van der Waals surface area contributed by atoms with Gasteiger partial charge in [-0.2, -0.15) is 0 Å². The van der Waals surface area contributed by atoms with Crippen LogP contribution >= 0.6 is 20.0 Å². The lowest BCUT2D eigenvalue weighted by Gasteiger charge is -2.14.